The Hall–Kier alpha value is -2.44. The van der Waals surface area contributed by atoms with E-state index in [1.165, 1.54) is 0 Å². The van der Waals surface area contributed by atoms with Crippen LogP contribution in [-0.4, -0.2) is 31.1 Å². The molecule has 0 fully saturated rings. The van der Waals surface area contributed by atoms with Crippen LogP contribution in [-0.2, 0) is 13.1 Å². The van der Waals surface area contributed by atoms with E-state index < -0.39 is 0 Å². The maximum atomic E-state index is 6.32. The number of benzene rings is 1. The molecule has 140 valence electrons. The van der Waals surface area contributed by atoms with Crippen LogP contribution in [0.4, 0.5) is 5.69 Å². The first-order chi connectivity index (χ1) is 13.1. The zero-order valence-electron chi connectivity index (χ0n) is 15.2. The average Bonchev–Trinajstić information content (AvgIpc) is 3.18. The van der Waals surface area contributed by atoms with Gasteiger partial charge >= 0.3 is 0 Å². The Morgan fingerprint density at radius 3 is 2.89 bits per heavy atom. The Morgan fingerprint density at radius 2 is 2.15 bits per heavy atom. The summed E-state index contributed by atoms with van der Waals surface area (Å²) in [7, 11) is 0. The Bertz CT molecular complexity index is 867. The fourth-order valence-electron chi connectivity index (χ4n) is 2.76. The summed E-state index contributed by atoms with van der Waals surface area (Å²) in [6.07, 6.45) is 10.2. The van der Waals surface area contributed by atoms with Crippen LogP contribution in [0.1, 0.15) is 17.5 Å². The zero-order valence-corrected chi connectivity index (χ0v) is 16.7. The van der Waals surface area contributed by atoms with Crippen LogP contribution in [0.2, 0.25) is 5.02 Å². The molecule has 3 aromatic rings. The Kier molecular flexibility index (Phi) is 6.79. The molecule has 27 heavy (non-hydrogen) atoms. The number of pyridine rings is 1. The molecule has 0 amide bonds. The summed E-state index contributed by atoms with van der Waals surface area (Å²) in [5, 5.41) is 4.61. The van der Waals surface area contributed by atoms with E-state index in [9.17, 15) is 0 Å². The highest BCUT2D eigenvalue weighted by Crippen LogP contribution is 2.23. The second-order valence-electron chi connectivity index (χ2n) is 6.35. The van der Waals surface area contributed by atoms with Gasteiger partial charge in [-0.25, -0.2) is 4.98 Å². The average molecular weight is 400 g/mol. The van der Waals surface area contributed by atoms with E-state index in [1.54, 1.807) is 12.4 Å². The van der Waals surface area contributed by atoms with Crippen molar-refractivity contribution in [2.24, 2.45) is 0 Å². The number of aryl methyl sites for hydroxylation is 2. The highest BCUT2D eigenvalue weighted by atomic mass is 35.5. The van der Waals surface area contributed by atoms with Crippen molar-refractivity contribution >= 4 is 34.6 Å². The molecule has 0 atom stereocenters. The first-order valence-corrected chi connectivity index (χ1v) is 9.57. The quantitative estimate of drug-likeness (QED) is 0.591. The molecule has 3 rings (SSSR count). The number of hydrogen-bond acceptors (Lipinski definition) is 3. The molecule has 0 aliphatic carbocycles. The standard InChI is InChI=1S/C20H22ClN5S/c1-16-5-6-18(21)19(12-16)24-20(27)26(14-17-4-2-7-22-13-17)10-3-9-25-11-8-23-15-25/h2,4-8,11-13,15H,3,9-10,14H2,1H3,(H,24,27). The number of nitrogens with one attached hydrogen (secondary N) is 1. The second-order valence-corrected chi connectivity index (χ2v) is 7.14. The third kappa shape index (κ3) is 5.77. The maximum absolute atomic E-state index is 6.32. The van der Waals surface area contributed by atoms with Crippen LogP contribution in [0, 0.1) is 6.92 Å². The van der Waals surface area contributed by atoms with Crippen molar-refractivity contribution < 1.29 is 0 Å². The van der Waals surface area contributed by atoms with E-state index in [4.69, 9.17) is 23.8 Å². The molecule has 2 aromatic heterocycles. The highest BCUT2D eigenvalue weighted by Gasteiger charge is 2.12. The summed E-state index contributed by atoms with van der Waals surface area (Å²) in [5.74, 6) is 0. The number of nitrogens with zero attached hydrogens (tertiary/aromatic N) is 4. The zero-order chi connectivity index (χ0) is 19.1. The molecule has 0 saturated heterocycles. The van der Waals surface area contributed by atoms with Crippen LogP contribution < -0.4 is 5.32 Å². The fraction of sp³-hybridized carbons (Fsp3) is 0.250. The van der Waals surface area contributed by atoms with Gasteiger partial charge in [0.15, 0.2) is 5.11 Å². The SMILES string of the molecule is Cc1ccc(Cl)c(NC(=S)N(CCCn2ccnc2)Cc2cccnc2)c1. The van der Waals surface area contributed by atoms with Gasteiger partial charge in [-0.1, -0.05) is 23.7 Å². The molecule has 0 bridgehead atoms. The van der Waals surface area contributed by atoms with E-state index >= 15 is 0 Å². The lowest BCUT2D eigenvalue weighted by molar-refractivity contribution is 0.395. The van der Waals surface area contributed by atoms with Crippen LogP contribution in [0.25, 0.3) is 0 Å². The molecular formula is C20H22ClN5S. The minimum absolute atomic E-state index is 0.650. The lowest BCUT2D eigenvalue weighted by Gasteiger charge is -2.26. The fourth-order valence-corrected chi connectivity index (χ4v) is 3.19. The summed E-state index contributed by atoms with van der Waals surface area (Å²) >= 11 is 12.0. The van der Waals surface area contributed by atoms with E-state index in [-0.39, 0.29) is 0 Å². The number of rotatable bonds is 7. The third-order valence-corrected chi connectivity index (χ3v) is 4.84. The topological polar surface area (TPSA) is 46.0 Å². The van der Waals surface area contributed by atoms with E-state index in [1.807, 2.05) is 49.9 Å². The number of aromatic nitrogens is 3. The molecule has 0 radical (unpaired) electrons. The number of imidazole rings is 1. The molecule has 7 heteroatoms. The number of thiocarbonyl (C=S) groups is 1. The molecule has 0 unspecified atom stereocenters. The molecule has 5 nitrogen and oxygen atoms in total. The van der Waals surface area contributed by atoms with E-state index in [2.05, 4.69) is 30.8 Å². The Balaban J connectivity index is 1.69. The lowest BCUT2D eigenvalue weighted by atomic mass is 10.2. The van der Waals surface area contributed by atoms with E-state index in [0.717, 1.165) is 36.3 Å². The van der Waals surface area contributed by atoms with Crippen LogP contribution in [0.15, 0.2) is 61.4 Å². The summed E-state index contributed by atoms with van der Waals surface area (Å²) in [5.41, 5.74) is 3.07. The molecule has 0 aliphatic heterocycles. The summed E-state index contributed by atoms with van der Waals surface area (Å²) < 4.78 is 2.07. The van der Waals surface area contributed by atoms with Gasteiger partial charge in [0, 0.05) is 44.4 Å². The maximum Gasteiger partial charge on any atom is 0.173 e. The van der Waals surface area contributed by atoms with Crippen molar-refractivity contribution in [2.45, 2.75) is 26.4 Å². The van der Waals surface area contributed by atoms with Crippen LogP contribution in [0.3, 0.4) is 0 Å². The van der Waals surface area contributed by atoms with Crippen molar-refractivity contribution in [3.8, 4) is 0 Å². The molecule has 2 heterocycles. The van der Waals surface area contributed by atoms with Gasteiger partial charge in [0.1, 0.15) is 0 Å². The van der Waals surface area contributed by atoms with Crippen LogP contribution >= 0.6 is 23.8 Å². The number of halogens is 1. The normalized spacial score (nSPS) is 10.6. The van der Waals surface area contributed by atoms with Gasteiger partial charge in [-0.2, -0.15) is 0 Å². The number of anilines is 1. The van der Waals surface area contributed by atoms with Gasteiger partial charge in [-0.3, -0.25) is 4.98 Å². The van der Waals surface area contributed by atoms with Gasteiger partial charge < -0.3 is 14.8 Å². The Labute approximate surface area is 170 Å². The van der Waals surface area contributed by atoms with Crippen molar-refractivity contribution in [3.63, 3.8) is 0 Å². The lowest BCUT2D eigenvalue weighted by Crippen LogP contribution is -2.35. The minimum atomic E-state index is 0.650. The molecule has 1 N–H and O–H groups in total. The van der Waals surface area contributed by atoms with Crippen molar-refractivity contribution in [3.05, 3.63) is 77.6 Å². The van der Waals surface area contributed by atoms with E-state index in [0.29, 0.717) is 16.7 Å². The van der Waals surface area contributed by atoms with Crippen molar-refractivity contribution in [1.82, 2.24) is 19.4 Å². The summed E-state index contributed by atoms with van der Waals surface area (Å²) in [6.45, 7) is 4.41. The molecule has 0 spiro atoms. The second kappa shape index (κ2) is 9.48. The van der Waals surface area contributed by atoms with Crippen LogP contribution in [0.5, 0.6) is 0 Å². The monoisotopic (exact) mass is 399 g/mol. The summed E-state index contributed by atoms with van der Waals surface area (Å²) in [6, 6.07) is 9.86. The van der Waals surface area contributed by atoms with Gasteiger partial charge in [0.25, 0.3) is 0 Å². The first kappa shape index (κ1) is 19.3. The van der Waals surface area contributed by atoms with Crippen molar-refractivity contribution in [2.75, 3.05) is 11.9 Å². The van der Waals surface area contributed by atoms with Gasteiger partial charge in [-0.05, 0) is 54.9 Å². The number of hydrogen-bond donors (Lipinski definition) is 1. The molecule has 0 aliphatic rings. The predicted octanol–water partition coefficient (Wildman–Crippen LogP) is 4.53. The highest BCUT2D eigenvalue weighted by molar-refractivity contribution is 7.80. The largest absolute Gasteiger partial charge is 0.345 e. The van der Waals surface area contributed by atoms with Crippen molar-refractivity contribution in [1.29, 1.82) is 0 Å². The third-order valence-electron chi connectivity index (χ3n) is 4.15. The summed E-state index contributed by atoms with van der Waals surface area (Å²) in [4.78, 5) is 10.4. The smallest absolute Gasteiger partial charge is 0.173 e. The van der Waals surface area contributed by atoms with Gasteiger partial charge in [0.05, 0.1) is 17.0 Å². The molecular weight excluding hydrogens is 378 g/mol. The first-order valence-electron chi connectivity index (χ1n) is 8.78. The van der Waals surface area contributed by atoms with Gasteiger partial charge in [-0.15, -0.1) is 0 Å². The Morgan fingerprint density at radius 1 is 1.26 bits per heavy atom. The minimum Gasteiger partial charge on any atom is -0.345 e. The van der Waals surface area contributed by atoms with Gasteiger partial charge in [0.2, 0.25) is 0 Å². The predicted molar refractivity (Wildman–Crippen MR) is 114 cm³/mol. The molecule has 0 saturated carbocycles. The molecule has 1 aromatic carbocycles.